The van der Waals surface area contributed by atoms with Crippen LogP contribution in [0.1, 0.15) is 38.8 Å². The maximum atomic E-state index is 12.7. The van der Waals surface area contributed by atoms with Crippen molar-refractivity contribution >= 4 is 11.6 Å². The lowest BCUT2D eigenvalue weighted by Crippen LogP contribution is -2.49. The summed E-state index contributed by atoms with van der Waals surface area (Å²) in [5, 5.41) is 6.31. The van der Waals surface area contributed by atoms with Crippen LogP contribution in [0.4, 0.5) is 18.9 Å². The Morgan fingerprint density at radius 3 is 2.61 bits per heavy atom. The van der Waals surface area contributed by atoms with Crippen molar-refractivity contribution in [1.82, 2.24) is 15.6 Å². The van der Waals surface area contributed by atoms with E-state index in [-0.39, 0.29) is 18.0 Å². The number of alkyl halides is 3. The van der Waals surface area contributed by atoms with Crippen molar-refractivity contribution in [1.29, 1.82) is 0 Å². The number of aromatic nitrogens is 1. The van der Waals surface area contributed by atoms with Gasteiger partial charge in [-0.05, 0) is 50.3 Å². The molecule has 1 saturated heterocycles. The van der Waals surface area contributed by atoms with E-state index in [0.29, 0.717) is 23.4 Å². The highest BCUT2D eigenvalue weighted by atomic mass is 19.4. The van der Waals surface area contributed by atoms with E-state index in [0.717, 1.165) is 38.4 Å². The summed E-state index contributed by atoms with van der Waals surface area (Å²) in [6, 6.07) is 2.44. The van der Waals surface area contributed by atoms with Gasteiger partial charge < -0.3 is 15.5 Å². The van der Waals surface area contributed by atoms with Crippen molar-refractivity contribution in [2.75, 3.05) is 25.0 Å². The summed E-state index contributed by atoms with van der Waals surface area (Å²) in [6.07, 6.45) is -0.355. The summed E-state index contributed by atoms with van der Waals surface area (Å²) >= 11 is 0. The van der Waals surface area contributed by atoms with Gasteiger partial charge in [0, 0.05) is 25.0 Å². The minimum absolute atomic E-state index is 0.0384. The second-order valence-electron chi connectivity index (χ2n) is 8.39. The number of amides is 1. The Morgan fingerprint density at radius 2 is 2.04 bits per heavy atom. The molecule has 28 heavy (non-hydrogen) atoms. The first-order valence-electron chi connectivity index (χ1n) is 9.95. The molecule has 1 aromatic heterocycles. The third kappa shape index (κ3) is 4.59. The van der Waals surface area contributed by atoms with Gasteiger partial charge >= 0.3 is 6.18 Å². The molecule has 1 aromatic rings. The van der Waals surface area contributed by atoms with Crippen LogP contribution in [-0.2, 0) is 11.0 Å². The van der Waals surface area contributed by atoms with E-state index in [4.69, 9.17) is 0 Å². The average molecular weight is 398 g/mol. The summed E-state index contributed by atoms with van der Waals surface area (Å²) in [7, 11) is 1.80. The number of hydrogen-bond donors (Lipinski definition) is 2. The second kappa shape index (κ2) is 8.27. The molecule has 0 bridgehead atoms. The summed E-state index contributed by atoms with van der Waals surface area (Å²) in [6.45, 7) is 5.72. The molecule has 0 aromatic carbocycles. The number of nitrogens with one attached hydrogen (secondary N) is 2. The van der Waals surface area contributed by atoms with E-state index in [9.17, 15) is 18.0 Å². The van der Waals surface area contributed by atoms with Crippen LogP contribution in [0.3, 0.4) is 0 Å². The molecule has 1 saturated carbocycles. The third-order valence-electron chi connectivity index (χ3n) is 5.96. The van der Waals surface area contributed by atoms with Gasteiger partial charge in [-0.25, -0.2) is 4.98 Å². The molecule has 2 fully saturated rings. The SMILES string of the molecule is CN[C@@H](CC(C)C)C(=O)N[C@H]1CC[C@@H]2CN(c3ccc(C(F)(F)F)nc3)C[C@@H]21. The van der Waals surface area contributed by atoms with E-state index in [1.165, 1.54) is 12.3 Å². The van der Waals surface area contributed by atoms with Crippen molar-refractivity contribution in [2.24, 2.45) is 17.8 Å². The van der Waals surface area contributed by atoms with Gasteiger partial charge in [0.05, 0.1) is 17.9 Å². The lowest BCUT2D eigenvalue weighted by Gasteiger charge is -2.25. The molecule has 2 heterocycles. The molecule has 0 radical (unpaired) electrons. The molecule has 0 unspecified atom stereocenters. The van der Waals surface area contributed by atoms with Crippen LogP contribution in [0, 0.1) is 17.8 Å². The Balaban J connectivity index is 1.61. The molecule has 3 rings (SSSR count). The second-order valence-corrected chi connectivity index (χ2v) is 8.39. The standard InChI is InChI=1S/C20H29F3N4O/c1-12(2)8-17(24-3)19(28)26-16-6-4-13-10-27(11-15(13)16)14-5-7-18(25-9-14)20(21,22)23/h5,7,9,12-13,15-17,24H,4,6,8,10-11H2,1-3H3,(H,26,28)/t13-,15+,16+,17+/m1/s1. The third-order valence-corrected chi connectivity index (χ3v) is 5.96. The van der Waals surface area contributed by atoms with Crippen molar-refractivity contribution in [3.8, 4) is 0 Å². The predicted octanol–water partition coefficient (Wildman–Crippen LogP) is 3.07. The smallest absolute Gasteiger partial charge is 0.370 e. The van der Waals surface area contributed by atoms with Gasteiger partial charge in [0.1, 0.15) is 5.69 Å². The molecular weight excluding hydrogens is 369 g/mol. The minimum Gasteiger partial charge on any atom is -0.370 e. The highest BCUT2D eigenvalue weighted by Gasteiger charge is 2.44. The Labute approximate surface area is 164 Å². The number of likely N-dealkylation sites (N-methyl/N-ethyl adjacent to an activating group) is 1. The van der Waals surface area contributed by atoms with E-state index < -0.39 is 11.9 Å². The Bertz CT molecular complexity index is 677. The number of anilines is 1. The largest absolute Gasteiger partial charge is 0.433 e. The van der Waals surface area contributed by atoms with Gasteiger partial charge in [0.15, 0.2) is 0 Å². The van der Waals surface area contributed by atoms with Crippen molar-refractivity contribution in [3.63, 3.8) is 0 Å². The van der Waals surface area contributed by atoms with E-state index in [2.05, 4.69) is 34.4 Å². The molecular formula is C20H29F3N4O. The molecule has 4 atom stereocenters. The number of rotatable bonds is 6. The Hall–Kier alpha value is -1.83. The van der Waals surface area contributed by atoms with Crippen LogP contribution in [0.5, 0.6) is 0 Å². The Kier molecular flexibility index (Phi) is 6.17. The average Bonchev–Trinajstić information content (AvgIpc) is 3.21. The zero-order valence-corrected chi connectivity index (χ0v) is 16.6. The van der Waals surface area contributed by atoms with Gasteiger partial charge in [-0.15, -0.1) is 0 Å². The molecule has 0 spiro atoms. The number of halogens is 3. The molecule has 2 aliphatic rings. The van der Waals surface area contributed by atoms with Crippen LogP contribution >= 0.6 is 0 Å². The maximum absolute atomic E-state index is 12.7. The maximum Gasteiger partial charge on any atom is 0.433 e. The van der Waals surface area contributed by atoms with Gasteiger partial charge in [-0.1, -0.05) is 13.8 Å². The fraction of sp³-hybridized carbons (Fsp3) is 0.700. The first-order chi connectivity index (χ1) is 13.2. The van der Waals surface area contributed by atoms with Gasteiger partial charge in [-0.3, -0.25) is 4.79 Å². The zero-order chi connectivity index (χ0) is 20.5. The summed E-state index contributed by atoms with van der Waals surface area (Å²) in [4.78, 5) is 18.3. The lowest BCUT2D eigenvalue weighted by molar-refractivity contribution is -0.141. The summed E-state index contributed by atoms with van der Waals surface area (Å²) < 4.78 is 38.1. The fourth-order valence-electron chi connectivity index (χ4n) is 4.51. The van der Waals surface area contributed by atoms with E-state index in [1.807, 2.05) is 0 Å². The van der Waals surface area contributed by atoms with E-state index >= 15 is 0 Å². The quantitative estimate of drug-likeness (QED) is 0.773. The van der Waals surface area contributed by atoms with Gasteiger partial charge in [0.2, 0.25) is 5.91 Å². The predicted molar refractivity (Wildman–Crippen MR) is 102 cm³/mol. The molecule has 1 aliphatic carbocycles. The topological polar surface area (TPSA) is 57.3 Å². The minimum atomic E-state index is -4.42. The number of carbonyl (C=O) groups excluding carboxylic acids is 1. The highest BCUT2D eigenvalue weighted by molar-refractivity contribution is 5.82. The molecule has 8 heteroatoms. The van der Waals surface area contributed by atoms with Crippen LogP contribution in [0.2, 0.25) is 0 Å². The molecule has 1 amide bonds. The number of fused-ring (bicyclic) bond motifs is 1. The van der Waals surface area contributed by atoms with Crippen molar-refractivity contribution in [3.05, 3.63) is 24.0 Å². The van der Waals surface area contributed by atoms with Crippen LogP contribution in [-0.4, -0.2) is 43.1 Å². The van der Waals surface area contributed by atoms with Crippen LogP contribution < -0.4 is 15.5 Å². The zero-order valence-electron chi connectivity index (χ0n) is 16.6. The molecule has 5 nitrogen and oxygen atoms in total. The molecule has 156 valence electrons. The normalized spacial score (nSPS) is 25.8. The van der Waals surface area contributed by atoms with Crippen molar-refractivity contribution < 1.29 is 18.0 Å². The molecule has 2 N–H and O–H groups in total. The van der Waals surface area contributed by atoms with Crippen molar-refractivity contribution in [2.45, 2.75) is 51.4 Å². The fourth-order valence-corrected chi connectivity index (χ4v) is 4.51. The number of carbonyl (C=O) groups is 1. The first-order valence-corrected chi connectivity index (χ1v) is 9.95. The monoisotopic (exact) mass is 398 g/mol. The lowest BCUT2D eigenvalue weighted by atomic mass is 9.97. The number of hydrogen-bond acceptors (Lipinski definition) is 4. The Morgan fingerprint density at radius 1 is 1.29 bits per heavy atom. The van der Waals surface area contributed by atoms with Crippen LogP contribution in [0.15, 0.2) is 18.3 Å². The van der Waals surface area contributed by atoms with Gasteiger partial charge in [0.25, 0.3) is 0 Å². The highest BCUT2D eigenvalue weighted by Crippen LogP contribution is 2.40. The molecule has 1 aliphatic heterocycles. The number of nitrogens with zero attached hydrogens (tertiary/aromatic N) is 2. The first kappa shape index (κ1) is 20.9. The summed E-state index contributed by atoms with van der Waals surface area (Å²) in [5.41, 5.74) is -0.163. The summed E-state index contributed by atoms with van der Waals surface area (Å²) in [5.74, 6) is 1.23. The van der Waals surface area contributed by atoms with E-state index in [1.54, 1.807) is 7.05 Å². The number of pyridine rings is 1. The van der Waals surface area contributed by atoms with Crippen LogP contribution in [0.25, 0.3) is 0 Å². The van der Waals surface area contributed by atoms with Gasteiger partial charge in [-0.2, -0.15) is 13.2 Å².